The summed E-state index contributed by atoms with van der Waals surface area (Å²) in [4.78, 5) is 2.54. The van der Waals surface area contributed by atoms with Crippen LogP contribution in [0.3, 0.4) is 0 Å². The standard InChI is InChI=1S/C53H33NS/c1-2-16-34(17-3-1)37-19-9-14-28-48(37)54(49-32-35-18-4-5-20-38(35)51-42-24-10-15-29-50(42)55-52(49)51)36-30-31-47-43(33-36)41-23-8-13-27-46(41)53(47)44-25-11-6-21-39(44)40-22-7-12-26-45(40)53/h1-33H. The molecular formula is C53H33NS. The third-order valence-corrected chi connectivity index (χ3v) is 13.3. The molecule has 0 fully saturated rings. The number of nitrogens with zero attached hydrogens (tertiary/aromatic N) is 1. The minimum atomic E-state index is -0.383. The van der Waals surface area contributed by atoms with Gasteiger partial charge in [-0.05, 0) is 91.2 Å². The van der Waals surface area contributed by atoms with Gasteiger partial charge in [-0.1, -0.05) is 170 Å². The van der Waals surface area contributed by atoms with Crippen molar-refractivity contribution in [1.82, 2.24) is 0 Å². The summed E-state index contributed by atoms with van der Waals surface area (Å²) < 4.78 is 2.59. The van der Waals surface area contributed by atoms with Crippen molar-refractivity contribution >= 4 is 59.3 Å². The Morgan fingerprint density at radius 1 is 0.382 bits per heavy atom. The topological polar surface area (TPSA) is 3.24 Å². The van der Waals surface area contributed by atoms with Gasteiger partial charge in [0, 0.05) is 26.7 Å². The van der Waals surface area contributed by atoms with E-state index >= 15 is 0 Å². The second-order valence-electron chi connectivity index (χ2n) is 14.8. The average Bonchev–Trinajstić information content (AvgIpc) is 3.89. The van der Waals surface area contributed by atoms with Gasteiger partial charge in [-0.3, -0.25) is 0 Å². The van der Waals surface area contributed by atoms with E-state index in [1.807, 2.05) is 11.3 Å². The molecule has 256 valence electrons. The van der Waals surface area contributed by atoms with Crippen LogP contribution < -0.4 is 4.90 Å². The number of anilines is 3. The van der Waals surface area contributed by atoms with E-state index in [0.29, 0.717) is 0 Å². The number of thiophene rings is 1. The van der Waals surface area contributed by atoms with Gasteiger partial charge < -0.3 is 4.90 Å². The van der Waals surface area contributed by atoms with Crippen molar-refractivity contribution in [2.24, 2.45) is 0 Å². The molecule has 0 aliphatic heterocycles. The Kier molecular flexibility index (Phi) is 6.49. The quantitative estimate of drug-likeness (QED) is 0.175. The molecule has 0 amide bonds. The van der Waals surface area contributed by atoms with Crippen molar-refractivity contribution < 1.29 is 0 Å². The van der Waals surface area contributed by atoms with Gasteiger partial charge in [-0.15, -0.1) is 11.3 Å². The van der Waals surface area contributed by atoms with Crippen molar-refractivity contribution in [3.8, 4) is 33.4 Å². The van der Waals surface area contributed by atoms with Gasteiger partial charge in [0.1, 0.15) is 0 Å². The summed E-state index contributed by atoms with van der Waals surface area (Å²) in [5.74, 6) is 0. The maximum Gasteiger partial charge on any atom is 0.0725 e. The Morgan fingerprint density at radius 2 is 0.927 bits per heavy atom. The van der Waals surface area contributed by atoms with Crippen LogP contribution in [0.4, 0.5) is 17.1 Å². The van der Waals surface area contributed by atoms with Gasteiger partial charge >= 0.3 is 0 Å². The van der Waals surface area contributed by atoms with E-state index < -0.39 is 0 Å². The molecule has 1 spiro atoms. The van der Waals surface area contributed by atoms with E-state index in [2.05, 4.69) is 205 Å². The van der Waals surface area contributed by atoms with Crippen molar-refractivity contribution in [3.63, 3.8) is 0 Å². The van der Waals surface area contributed by atoms with Crippen LogP contribution >= 0.6 is 11.3 Å². The molecule has 9 aromatic carbocycles. The summed E-state index contributed by atoms with van der Waals surface area (Å²) in [6.45, 7) is 0. The van der Waals surface area contributed by atoms with Crippen LogP contribution in [0.15, 0.2) is 200 Å². The summed E-state index contributed by atoms with van der Waals surface area (Å²) in [6.07, 6.45) is 0. The predicted molar refractivity (Wildman–Crippen MR) is 233 cm³/mol. The molecule has 1 heterocycles. The number of fused-ring (bicyclic) bond motifs is 15. The number of hydrogen-bond donors (Lipinski definition) is 0. The Labute approximate surface area is 324 Å². The van der Waals surface area contributed by atoms with E-state index in [-0.39, 0.29) is 5.41 Å². The maximum absolute atomic E-state index is 2.54. The van der Waals surface area contributed by atoms with Gasteiger partial charge in [-0.2, -0.15) is 0 Å². The highest BCUT2D eigenvalue weighted by Crippen LogP contribution is 2.63. The SMILES string of the molecule is c1ccc(-c2ccccc2N(c2ccc3c(c2)-c2ccccc2C32c3ccccc3-c3ccccc32)c2cc3ccccc3c3c2sc2ccccc23)cc1. The van der Waals surface area contributed by atoms with E-state index in [0.717, 1.165) is 11.4 Å². The van der Waals surface area contributed by atoms with Crippen LogP contribution in [0.1, 0.15) is 22.3 Å². The molecule has 1 nitrogen and oxygen atoms in total. The van der Waals surface area contributed by atoms with Crippen LogP contribution in [0, 0.1) is 0 Å². The summed E-state index contributed by atoms with van der Waals surface area (Å²) in [7, 11) is 0. The molecule has 1 aromatic heterocycles. The first kappa shape index (κ1) is 30.7. The summed E-state index contributed by atoms with van der Waals surface area (Å²) >= 11 is 1.89. The highest BCUT2D eigenvalue weighted by atomic mass is 32.1. The number of para-hydroxylation sites is 1. The van der Waals surface area contributed by atoms with Crippen molar-refractivity contribution in [3.05, 3.63) is 222 Å². The number of benzene rings is 9. The van der Waals surface area contributed by atoms with Crippen LogP contribution in [0.5, 0.6) is 0 Å². The molecule has 0 unspecified atom stereocenters. The molecule has 0 saturated carbocycles. The van der Waals surface area contributed by atoms with E-state index in [1.165, 1.54) is 92.3 Å². The molecule has 12 rings (SSSR count). The van der Waals surface area contributed by atoms with Crippen LogP contribution in [0.25, 0.3) is 64.3 Å². The zero-order chi connectivity index (χ0) is 36.1. The lowest BCUT2D eigenvalue weighted by atomic mass is 9.70. The van der Waals surface area contributed by atoms with Gasteiger partial charge in [0.05, 0.1) is 21.5 Å². The predicted octanol–water partition coefficient (Wildman–Crippen LogP) is 14.7. The Morgan fingerprint density at radius 3 is 1.65 bits per heavy atom. The summed E-state index contributed by atoms with van der Waals surface area (Å²) in [5, 5.41) is 5.15. The fraction of sp³-hybridized carbons (Fsp3) is 0.0189. The monoisotopic (exact) mass is 715 g/mol. The summed E-state index contributed by atoms with van der Waals surface area (Å²) in [5.41, 5.74) is 16.2. The molecule has 2 aliphatic carbocycles. The van der Waals surface area contributed by atoms with Gasteiger partial charge in [0.15, 0.2) is 0 Å². The van der Waals surface area contributed by atoms with Crippen LogP contribution in [-0.4, -0.2) is 0 Å². The lowest BCUT2D eigenvalue weighted by Gasteiger charge is -2.32. The fourth-order valence-corrected chi connectivity index (χ4v) is 11.1. The van der Waals surface area contributed by atoms with Crippen molar-refractivity contribution in [2.45, 2.75) is 5.41 Å². The molecule has 2 aliphatic rings. The molecule has 0 N–H and O–H groups in total. The van der Waals surface area contributed by atoms with Crippen molar-refractivity contribution in [1.29, 1.82) is 0 Å². The van der Waals surface area contributed by atoms with E-state index in [4.69, 9.17) is 0 Å². The van der Waals surface area contributed by atoms with E-state index in [9.17, 15) is 0 Å². The minimum Gasteiger partial charge on any atom is -0.308 e. The average molecular weight is 716 g/mol. The molecule has 0 radical (unpaired) electrons. The third-order valence-electron chi connectivity index (χ3n) is 12.1. The van der Waals surface area contributed by atoms with Crippen LogP contribution in [0.2, 0.25) is 0 Å². The molecule has 0 bridgehead atoms. The Hall–Kier alpha value is -6.74. The molecule has 0 saturated heterocycles. The largest absolute Gasteiger partial charge is 0.308 e. The molecule has 10 aromatic rings. The van der Waals surface area contributed by atoms with Gasteiger partial charge in [0.2, 0.25) is 0 Å². The second-order valence-corrected chi connectivity index (χ2v) is 15.8. The summed E-state index contributed by atoms with van der Waals surface area (Å²) in [6, 6.07) is 74.4. The van der Waals surface area contributed by atoms with Crippen molar-refractivity contribution in [2.75, 3.05) is 4.90 Å². The zero-order valence-corrected chi connectivity index (χ0v) is 30.7. The molecule has 55 heavy (non-hydrogen) atoms. The third kappa shape index (κ3) is 4.18. The smallest absolute Gasteiger partial charge is 0.0725 e. The Bertz CT molecular complexity index is 3120. The minimum absolute atomic E-state index is 0.383. The lowest BCUT2D eigenvalue weighted by molar-refractivity contribution is 0.794. The normalized spacial score (nSPS) is 13.2. The maximum atomic E-state index is 2.54. The van der Waals surface area contributed by atoms with Gasteiger partial charge in [0.25, 0.3) is 0 Å². The molecule has 2 heteroatoms. The lowest BCUT2D eigenvalue weighted by Crippen LogP contribution is -2.25. The molecule has 0 atom stereocenters. The zero-order valence-electron chi connectivity index (χ0n) is 29.9. The number of hydrogen-bond acceptors (Lipinski definition) is 2. The van der Waals surface area contributed by atoms with Gasteiger partial charge in [-0.25, -0.2) is 0 Å². The van der Waals surface area contributed by atoms with Crippen LogP contribution in [-0.2, 0) is 5.41 Å². The fourth-order valence-electron chi connectivity index (χ4n) is 9.89. The number of rotatable bonds is 4. The van der Waals surface area contributed by atoms with E-state index in [1.54, 1.807) is 0 Å². The molecular weight excluding hydrogens is 683 g/mol. The highest BCUT2D eigenvalue weighted by Gasteiger charge is 2.51. The highest BCUT2D eigenvalue weighted by molar-refractivity contribution is 7.26. The first-order chi connectivity index (χ1) is 27.3. The first-order valence-electron chi connectivity index (χ1n) is 19.0. The Balaban J connectivity index is 1.19. The first-order valence-corrected chi connectivity index (χ1v) is 19.8. The second kappa shape index (κ2) is 11.6.